The molecule has 0 bridgehead atoms. The fourth-order valence-electron chi connectivity index (χ4n) is 4.56. The summed E-state index contributed by atoms with van der Waals surface area (Å²) in [4.78, 5) is 51.8. The number of hydrogen-bond acceptors (Lipinski definition) is 9. The van der Waals surface area contributed by atoms with Gasteiger partial charge in [0.15, 0.2) is 0 Å². The van der Waals surface area contributed by atoms with Crippen molar-refractivity contribution in [3.63, 3.8) is 0 Å². The number of nitrogens with zero attached hydrogens (tertiary/aromatic N) is 3. The third kappa shape index (κ3) is 14.7. The van der Waals surface area contributed by atoms with Gasteiger partial charge in [-0.1, -0.05) is 28.1 Å². The van der Waals surface area contributed by atoms with E-state index in [2.05, 4.69) is 25.6 Å². The molecule has 2 fully saturated rings. The van der Waals surface area contributed by atoms with E-state index in [1.165, 1.54) is 20.6 Å². The Morgan fingerprint density at radius 2 is 1.06 bits per heavy atom. The lowest BCUT2D eigenvalue weighted by Crippen LogP contribution is -2.50. The van der Waals surface area contributed by atoms with Crippen molar-refractivity contribution in [1.29, 1.82) is 0 Å². The normalized spacial score (nSPS) is 14.8. The van der Waals surface area contributed by atoms with Gasteiger partial charge in [0.2, 0.25) is 0 Å². The van der Waals surface area contributed by atoms with Gasteiger partial charge in [-0.15, -0.1) is 0 Å². The lowest BCUT2D eigenvalue weighted by Gasteiger charge is -2.36. The zero-order chi connectivity index (χ0) is 35.2. The number of piperidine rings is 1. The topological polar surface area (TPSA) is 115 Å². The number of hydrogen-bond donors (Lipinski definition) is 0. The standard InChI is InChI=1S/C17H24N2O4.C10H19NO2.C8H7BrO2/c1-17(2,3)23-16(21)19-10-8-18(9-11-19)14-7-5-6-13(12-14)15(20)22-4;1-10(2,3)13-9(12)11-7-5-4-6-8-11;1-11-8(10)6-3-2-4-7(9)5-6/h5-7,12H,8-11H2,1-4H3;4-8H2,1-3H3;2-5H,1H3. The Kier molecular flexibility index (Phi) is 15.5. The molecule has 11 nitrogen and oxygen atoms in total. The Bertz CT molecular complexity index is 1320. The summed E-state index contributed by atoms with van der Waals surface area (Å²) in [5.41, 5.74) is 1.19. The number of amides is 2. The van der Waals surface area contributed by atoms with Gasteiger partial charge in [-0.25, -0.2) is 19.2 Å². The van der Waals surface area contributed by atoms with Crippen molar-refractivity contribution in [1.82, 2.24) is 9.80 Å². The number of carbonyl (C=O) groups excluding carboxylic acids is 4. The number of anilines is 1. The summed E-state index contributed by atoms with van der Waals surface area (Å²) in [5.74, 6) is -0.662. The molecule has 2 aromatic carbocycles. The third-order valence-electron chi connectivity index (χ3n) is 6.82. The van der Waals surface area contributed by atoms with E-state index >= 15 is 0 Å². The molecule has 2 amide bonds. The van der Waals surface area contributed by atoms with Crippen molar-refractivity contribution in [3.8, 4) is 0 Å². The number of carbonyl (C=O) groups is 4. The molecule has 12 heteroatoms. The first-order chi connectivity index (χ1) is 22.0. The molecular weight excluding hydrogens is 670 g/mol. The monoisotopic (exact) mass is 719 g/mol. The Morgan fingerprint density at radius 3 is 1.51 bits per heavy atom. The van der Waals surface area contributed by atoms with Gasteiger partial charge >= 0.3 is 24.1 Å². The first-order valence-corrected chi connectivity index (χ1v) is 16.6. The van der Waals surface area contributed by atoms with E-state index < -0.39 is 5.60 Å². The van der Waals surface area contributed by atoms with Gasteiger partial charge in [-0.3, -0.25) is 0 Å². The summed E-state index contributed by atoms with van der Waals surface area (Å²) in [6.07, 6.45) is 3.02. The number of methoxy groups -OCH3 is 2. The highest BCUT2D eigenvalue weighted by atomic mass is 79.9. The number of rotatable bonds is 3. The van der Waals surface area contributed by atoms with Crippen LogP contribution in [0.25, 0.3) is 0 Å². The first kappa shape index (κ1) is 39.4. The number of likely N-dealkylation sites (tertiary alicyclic amines) is 1. The summed E-state index contributed by atoms with van der Waals surface area (Å²) in [7, 11) is 2.73. The van der Waals surface area contributed by atoms with Gasteiger partial charge in [0.05, 0.1) is 25.3 Å². The molecule has 0 unspecified atom stereocenters. The van der Waals surface area contributed by atoms with Crippen LogP contribution >= 0.6 is 15.9 Å². The van der Waals surface area contributed by atoms with E-state index in [9.17, 15) is 19.2 Å². The maximum atomic E-state index is 12.1. The highest BCUT2D eigenvalue weighted by molar-refractivity contribution is 9.10. The van der Waals surface area contributed by atoms with Crippen molar-refractivity contribution < 1.29 is 38.1 Å². The van der Waals surface area contributed by atoms with Crippen LogP contribution in [0.1, 0.15) is 81.5 Å². The Morgan fingerprint density at radius 1 is 0.617 bits per heavy atom. The van der Waals surface area contributed by atoms with E-state index in [1.54, 1.807) is 34.1 Å². The third-order valence-corrected chi connectivity index (χ3v) is 7.31. The highest BCUT2D eigenvalue weighted by Gasteiger charge is 2.26. The average Bonchev–Trinajstić information content (AvgIpc) is 3.03. The molecule has 0 radical (unpaired) electrons. The van der Waals surface area contributed by atoms with Gasteiger partial charge < -0.3 is 33.6 Å². The Balaban J connectivity index is 0.000000270. The molecule has 4 rings (SSSR count). The van der Waals surface area contributed by atoms with Crippen LogP contribution in [0.2, 0.25) is 0 Å². The van der Waals surface area contributed by atoms with E-state index in [0.717, 1.165) is 36.1 Å². The SMILES string of the molecule is CC(C)(C)OC(=O)N1CCCCC1.COC(=O)c1cccc(Br)c1.COC(=O)c1cccc(N2CCN(C(=O)OC(C)(C)C)CC2)c1. The van der Waals surface area contributed by atoms with Crippen molar-refractivity contribution in [2.24, 2.45) is 0 Å². The predicted molar refractivity (Wildman–Crippen MR) is 185 cm³/mol. The lowest BCUT2D eigenvalue weighted by atomic mass is 10.1. The minimum atomic E-state index is -0.483. The minimum absolute atomic E-state index is 0.160. The molecule has 2 aliphatic rings. The van der Waals surface area contributed by atoms with Gasteiger partial charge in [0.1, 0.15) is 11.2 Å². The van der Waals surface area contributed by atoms with E-state index in [4.69, 9.17) is 14.2 Å². The molecular formula is C35H50BrN3O8. The van der Waals surface area contributed by atoms with Gasteiger partial charge in [-0.2, -0.15) is 0 Å². The van der Waals surface area contributed by atoms with Crippen LogP contribution < -0.4 is 4.90 Å². The number of piperazine rings is 1. The van der Waals surface area contributed by atoms with Crippen LogP contribution in [0.15, 0.2) is 53.0 Å². The van der Waals surface area contributed by atoms with E-state index in [1.807, 2.05) is 65.8 Å². The summed E-state index contributed by atoms with van der Waals surface area (Å²) in [5, 5.41) is 0. The largest absolute Gasteiger partial charge is 0.465 e. The number of esters is 2. The van der Waals surface area contributed by atoms with Crippen LogP contribution in [0, 0.1) is 0 Å². The summed E-state index contributed by atoms with van der Waals surface area (Å²) in [6, 6.07) is 14.4. The zero-order valence-electron chi connectivity index (χ0n) is 29.0. The molecule has 2 saturated heterocycles. The number of benzene rings is 2. The lowest BCUT2D eigenvalue weighted by molar-refractivity contribution is 0.0212. The van der Waals surface area contributed by atoms with Crippen LogP contribution in [0.3, 0.4) is 0 Å². The van der Waals surface area contributed by atoms with Gasteiger partial charge in [0.25, 0.3) is 0 Å². The smallest absolute Gasteiger partial charge is 0.410 e. The minimum Gasteiger partial charge on any atom is -0.465 e. The van der Waals surface area contributed by atoms with Crippen LogP contribution in [-0.4, -0.2) is 98.6 Å². The maximum Gasteiger partial charge on any atom is 0.410 e. The van der Waals surface area contributed by atoms with Crippen molar-refractivity contribution in [2.45, 2.75) is 72.0 Å². The molecule has 0 N–H and O–H groups in total. The summed E-state index contributed by atoms with van der Waals surface area (Å²) < 4.78 is 20.8. The zero-order valence-corrected chi connectivity index (χ0v) is 30.6. The number of ether oxygens (including phenoxy) is 4. The molecule has 0 spiro atoms. The molecule has 0 aromatic heterocycles. The fraction of sp³-hybridized carbons (Fsp3) is 0.543. The molecule has 47 heavy (non-hydrogen) atoms. The molecule has 0 atom stereocenters. The number of halogens is 1. The van der Waals surface area contributed by atoms with E-state index in [-0.39, 0.29) is 29.7 Å². The van der Waals surface area contributed by atoms with Crippen molar-refractivity contribution in [2.75, 3.05) is 58.4 Å². The second kappa shape index (κ2) is 18.5. The second-order valence-corrected chi connectivity index (χ2v) is 13.9. The fourth-order valence-corrected chi connectivity index (χ4v) is 4.96. The van der Waals surface area contributed by atoms with Gasteiger partial charge in [-0.05, 0) is 97.2 Å². The molecule has 0 aliphatic carbocycles. The van der Waals surface area contributed by atoms with Crippen molar-refractivity contribution >= 4 is 45.7 Å². The van der Waals surface area contributed by atoms with Gasteiger partial charge in [0, 0.05) is 49.4 Å². The highest BCUT2D eigenvalue weighted by Crippen LogP contribution is 2.20. The molecule has 2 heterocycles. The maximum absolute atomic E-state index is 12.1. The van der Waals surface area contributed by atoms with Crippen LogP contribution in [0.4, 0.5) is 15.3 Å². The Labute approximate surface area is 287 Å². The van der Waals surface area contributed by atoms with Crippen molar-refractivity contribution in [3.05, 3.63) is 64.1 Å². The summed E-state index contributed by atoms with van der Waals surface area (Å²) in [6.45, 7) is 15.6. The van der Waals surface area contributed by atoms with Crippen LogP contribution in [-0.2, 0) is 18.9 Å². The molecule has 260 valence electrons. The summed E-state index contributed by atoms with van der Waals surface area (Å²) >= 11 is 3.25. The predicted octanol–water partition coefficient (Wildman–Crippen LogP) is 7.17. The van der Waals surface area contributed by atoms with E-state index in [0.29, 0.717) is 37.3 Å². The molecule has 2 aliphatic heterocycles. The molecule has 0 saturated carbocycles. The first-order valence-electron chi connectivity index (χ1n) is 15.8. The Hall–Kier alpha value is -3.80. The van der Waals surface area contributed by atoms with Crippen LogP contribution in [0.5, 0.6) is 0 Å². The average molecular weight is 721 g/mol. The second-order valence-electron chi connectivity index (χ2n) is 13.0. The quantitative estimate of drug-likeness (QED) is 0.241. The molecule has 2 aromatic rings.